The van der Waals surface area contributed by atoms with E-state index in [0.29, 0.717) is 5.69 Å². The van der Waals surface area contributed by atoms with Crippen LogP contribution in [0.15, 0.2) is 49.5 Å². The van der Waals surface area contributed by atoms with Crippen molar-refractivity contribution in [2.45, 2.75) is 52.4 Å². The zero-order chi connectivity index (χ0) is 22.2. The number of aromatic nitrogens is 2. The molecule has 0 spiro atoms. The minimum absolute atomic E-state index is 0.126. The molecule has 1 N–H and O–H groups in total. The van der Waals surface area contributed by atoms with Crippen molar-refractivity contribution in [3.05, 3.63) is 82.9 Å². The Kier molecular flexibility index (Phi) is 4.08. The van der Waals surface area contributed by atoms with Gasteiger partial charge in [0.25, 0.3) is 22.2 Å². The molecule has 0 unspecified atom stereocenters. The second-order valence-corrected chi connectivity index (χ2v) is 9.90. The summed E-state index contributed by atoms with van der Waals surface area (Å²) in [6.45, 7) is 12.3. The Morgan fingerprint density at radius 3 is 1.60 bits per heavy atom. The van der Waals surface area contributed by atoms with Gasteiger partial charge >= 0.3 is 0 Å². The predicted molar refractivity (Wildman–Crippen MR) is 120 cm³/mol. The lowest BCUT2D eigenvalue weighted by atomic mass is 9.81. The molecule has 0 aliphatic rings. The van der Waals surface area contributed by atoms with Crippen LogP contribution in [0, 0.1) is 0 Å². The molecule has 0 aliphatic heterocycles. The minimum atomic E-state index is -0.554. The number of rotatable bonds is 1. The molecule has 154 valence electrons. The van der Waals surface area contributed by atoms with E-state index in [1.54, 1.807) is 0 Å². The Hall–Kier alpha value is -3.28. The Morgan fingerprint density at radius 2 is 1.17 bits per heavy atom. The molecule has 0 bridgehead atoms. The number of nitrogens with zero attached hydrogens (tertiary/aromatic N) is 1. The van der Waals surface area contributed by atoms with Crippen LogP contribution in [0.1, 0.15) is 52.7 Å². The summed E-state index contributed by atoms with van der Waals surface area (Å²) in [6, 6.07) is 8.61. The summed E-state index contributed by atoms with van der Waals surface area (Å²) >= 11 is 0. The van der Waals surface area contributed by atoms with Crippen LogP contribution in [0.3, 0.4) is 0 Å². The van der Waals surface area contributed by atoms with Gasteiger partial charge in [0.05, 0.1) is 27.2 Å². The molecule has 0 fully saturated rings. The van der Waals surface area contributed by atoms with Crippen molar-refractivity contribution in [1.82, 2.24) is 9.55 Å². The SMILES string of the molecule is CC(C)(C)c1ccc(C(C)(C)C)c(-n2c(=O)c3cc4c(=O)[nH]c(=O)c4cc3c2=O)c1. The van der Waals surface area contributed by atoms with Gasteiger partial charge in [-0.15, -0.1) is 0 Å². The monoisotopic (exact) mass is 404 g/mol. The maximum atomic E-state index is 13.3. The zero-order valence-corrected chi connectivity index (χ0v) is 18.0. The third kappa shape index (κ3) is 2.86. The fraction of sp³-hybridized carbons (Fsp3) is 0.333. The van der Waals surface area contributed by atoms with Gasteiger partial charge in [-0.2, -0.15) is 0 Å². The van der Waals surface area contributed by atoms with E-state index in [-0.39, 0.29) is 32.4 Å². The minimum Gasteiger partial charge on any atom is -0.288 e. The van der Waals surface area contributed by atoms with Crippen LogP contribution in [0.2, 0.25) is 0 Å². The Morgan fingerprint density at radius 1 is 0.667 bits per heavy atom. The van der Waals surface area contributed by atoms with E-state index in [9.17, 15) is 19.2 Å². The highest BCUT2D eigenvalue weighted by Crippen LogP contribution is 2.32. The number of hydrogen-bond donors (Lipinski definition) is 1. The van der Waals surface area contributed by atoms with Crippen LogP contribution >= 0.6 is 0 Å². The summed E-state index contributed by atoms with van der Waals surface area (Å²) in [4.78, 5) is 52.9. The van der Waals surface area contributed by atoms with Gasteiger partial charge in [-0.3, -0.25) is 24.2 Å². The van der Waals surface area contributed by atoms with Crippen molar-refractivity contribution < 1.29 is 0 Å². The average molecular weight is 404 g/mol. The predicted octanol–water partition coefficient (Wildman–Crippen LogP) is 3.02. The lowest BCUT2D eigenvalue weighted by Crippen LogP contribution is -2.28. The van der Waals surface area contributed by atoms with Crippen molar-refractivity contribution in [2.75, 3.05) is 0 Å². The summed E-state index contributed by atoms with van der Waals surface area (Å²) in [5, 5.41) is 0.539. The Bertz CT molecular complexity index is 1450. The molecule has 6 heteroatoms. The van der Waals surface area contributed by atoms with Crippen LogP contribution in [-0.4, -0.2) is 9.55 Å². The molecule has 2 aromatic heterocycles. The quantitative estimate of drug-likeness (QED) is 0.528. The van der Waals surface area contributed by atoms with Crippen molar-refractivity contribution >= 4 is 21.5 Å². The van der Waals surface area contributed by atoms with Crippen LogP contribution in [0.4, 0.5) is 0 Å². The second-order valence-electron chi connectivity index (χ2n) is 9.90. The second kappa shape index (κ2) is 6.11. The molecular formula is C24H24N2O4. The first-order valence-corrected chi connectivity index (χ1v) is 9.88. The van der Waals surface area contributed by atoms with Gasteiger partial charge in [0.2, 0.25) is 0 Å². The summed E-state index contributed by atoms with van der Waals surface area (Å²) < 4.78 is 1.18. The van der Waals surface area contributed by atoms with Crippen LogP contribution < -0.4 is 22.2 Å². The van der Waals surface area contributed by atoms with Crippen LogP contribution in [0.25, 0.3) is 27.2 Å². The van der Waals surface area contributed by atoms with Crippen molar-refractivity contribution in [1.29, 1.82) is 0 Å². The number of hydrogen-bond acceptors (Lipinski definition) is 4. The fourth-order valence-corrected chi connectivity index (χ4v) is 3.94. The molecule has 4 rings (SSSR count). The summed E-state index contributed by atoms with van der Waals surface area (Å²) in [5.74, 6) is 0. The highest BCUT2D eigenvalue weighted by molar-refractivity contribution is 5.98. The lowest BCUT2D eigenvalue weighted by molar-refractivity contribution is 0.572. The van der Waals surface area contributed by atoms with Gasteiger partial charge < -0.3 is 0 Å². The molecule has 6 nitrogen and oxygen atoms in total. The fourth-order valence-electron chi connectivity index (χ4n) is 3.94. The lowest BCUT2D eigenvalue weighted by Gasteiger charge is -2.26. The third-order valence-corrected chi connectivity index (χ3v) is 5.65. The summed E-state index contributed by atoms with van der Waals surface area (Å²) in [5.41, 5.74) is -0.150. The molecule has 0 saturated carbocycles. The van der Waals surface area contributed by atoms with Gasteiger partial charge in [-0.1, -0.05) is 53.7 Å². The third-order valence-electron chi connectivity index (χ3n) is 5.65. The zero-order valence-electron chi connectivity index (χ0n) is 18.0. The standard InChI is InChI=1S/C24H24N2O4/c1-23(2,3)12-7-8-17(24(4,5)6)18(9-12)26-21(29)15-10-13-14(11-16(15)22(26)30)20(28)25-19(13)27/h7-11H,1-6H3,(H,25,27,28). The summed E-state index contributed by atoms with van der Waals surface area (Å²) in [6.07, 6.45) is 0. The van der Waals surface area contributed by atoms with E-state index in [1.165, 1.54) is 16.7 Å². The molecule has 0 aliphatic carbocycles. The van der Waals surface area contributed by atoms with Gasteiger partial charge in [0, 0.05) is 0 Å². The molecule has 0 atom stereocenters. The Balaban J connectivity index is 2.16. The number of benzene rings is 2. The van der Waals surface area contributed by atoms with Crippen molar-refractivity contribution in [2.24, 2.45) is 0 Å². The van der Waals surface area contributed by atoms with E-state index in [2.05, 4.69) is 25.8 Å². The number of aromatic amines is 1. The molecule has 0 saturated heterocycles. The van der Waals surface area contributed by atoms with E-state index in [0.717, 1.165) is 11.1 Å². The topological polar surface area (TPSA) is 89.0 Å². The smallest absolute Gasteiger partial charge is 0.266 e. The summed E-state index contributed by atoms with van der Waals surface area (Å²) in [7, 11) is 0. The first-order chi connectivity index (χ1) is 13.8. The molecule has 2 aromatic carbocycles. The van der Waals surface area contributed by atoms with E-state index in [4.69, 9.17) is 0 Å². The maximum absolute atomic E-state index is 13.3. The van der Waals surface area contributed by atoms with E-state index >= 15 is 0 Å². The molecule has 30 heavy (non-hydrogen) atoms. The van der Waals surface area contributed by atoms with Crippen molar-refractivity contribution in [3.63, 3.8) is 0 Å². The van der Waals surface area contributed by atoms with E-state index in [1.807, 2.05) is 39.0 Å². The first kappa shape index (κ1) is 20.0. The first-order valence-electron chi connectivity index (χ1n) is 9.88. The molecule has 0 radical (unpaired) electrons. The highest BCUT2D eigenvalue weighted by Gasteiger charge is 2.26. The molecule has 4 aromatic rings. The van der Waals surface area contributed by atoms with Crippen LogP contribution in [0.5, 0.6) is 0 Å². The van der Waals surface area contributed by atoms with E-state index < -0.39 is 22.2 Å². The largest absolute Gasteiger partial charge is 0.288 e. The molecule has 0 amide bonds. The number of fused-ring (bicyclic) bond motifs is 2. The molecule has 2 heterocycles. The molecular weight excluding hydrogens is 380 g/mol. The Labute approximate surface area is 172 Å². The number of H-pyrrole nitrogens is 1. The normalized spacial score (nSPS) is 12.9. The van der Waals surface area contributed by atoms with Gasteiger partial charge in [0.15, 0.2) is 0 Å². The van der Waals surface area contributed by atoms with Gasteiger partial charge in [-0.25, -0.2) is 4.57 Å². The van der Waals surface area contributed by atoms with Crippen LogP contribution in [-0.2, 0) is 10.8 Å². The van der Waals surface area contributed by atoms with Gasteiger partial charge in [0.1, 0.15) is 0 Å². The highest BCUT2D eigenvalue weighted by atomic mass is 16.2. The number of nitrogens with one attached hydrogen (secondary N) is 1. The van der Waals surface area contributed by atoms with Crippen molar-refractivity contribution in [3.8, 4) is 5.69 Å². The maximum Gasteiger partial charge on any atom is 0.266 e. The average Bonchev–Trinajstić information content (AvgIpc) is 3.05. The van der Waals surface area contributed by atoms with Gasteiger partial charge in [-0.05, 0) is 40.2 Å².